The van der Waals surface area contributed by atoms with Crippen LogP contribution in [0.25, 0.3) is 0 Å². The first-order chi connectivity index (χ1) is 10.6. The second kappa shape index (κ2) is 7.87. The van der Waals surface area contributed by atoms with Gasteiger partial charge >= 0.3 is 0 Å². The zero-order valence-corrected chi connectivity index (χ0v) is 12.5. The molecule has 116 valence electrons. The van der Waals surface area contributed by atoms with E-state index in [0.717, 1.165) is 17.7 Å². The molecule has 0 aliphatic rings. The lowest BCUT2D eigenvalue weighted by Gasteiger charge is -2.08. The summed E-state index contributed by atoms with van der Waals surface area (Å²) < 4.78 is 26.7. The van der Waals surface area contributed by atoms with Gasteiger partial charge in [0.25, 0.3) is 0 Å². The Morgan fingerprint density at radius 2 is 1.68 bits per heavy atom. The maximum atomic E-state index is 13.4. The molecule has 2 rings (SSSR count). The van der Waals surface area contributed by atoms with Crippen LogP contribution in [0.15, 0.2) is 42.5 Å². The van der Waals surface area contributed by atoms with Crippen molar-refractivity contribution in [2.45, 2.75) is 13.0 Å². The van der Waals surface area contributed by atoms with Crippen molar-refractivity contribution in [2.24, 2.45) is 0 Å². The van der Waals surface area contributed by atoms with Gasteiger partial charge in [-0.3, -0.25) is 4.79 Å². The van der Waals surface area contributed by atoms with Crippen LogP contribution >= 0.6 is 11.6 Å². The number of rotatable bonds is 6. The molecule has 0 saturated carbocycles. The Kier molecular flexibility index (Phi) is 5.86. The van der Waals surface area contributed by atoms with Crippen molar-refractivity contribution in [2.75, 3.05) is 11.9 Å². The first-order valence-electron chi connectivity index (χ1n) is 6.75. The molecular weight excluding hydrogens is 310 g/mol. The monoisotopic (exact) mass is 324 g/mol. The molecule has 0 atom stereocenters. The maximum absolute atomic E-state index is 13.4. The van der Waals surface area contributed by atoms with E-state index >= 15 is 0 Å². The molecular formula is C16H15ClF2N2O. The van der Waals surface area contributed by atoms with Crippen molar-refractivity contribution in [1.29, 1.82) is 0 Å². The predicted molar refractivity (Wildman–Crippen MR) is 82.8 cm³/mol. The summed E-state index contributed by atoms with van der Waals surface area (Å²) in [5.41, 5.74) is 0.621. The number of benzene rings is 2. The number of nitrogens with one attached hydrogen (secondary N) is 2. The molecule has 0 fully saturated rings. The number of hydrogen-bond donors (Lipinski definition) is 2. The number of amides is 1. The topological polar surface area (TPSA) is 41.1 Å². The minimum Gasteiger partial charge on any atom is -0.321 e. The smallest absolute Gasteiger partial charge is 0.225 e. The minimum atomic E-state index is -0.789. The van der Waals surface area contributed by atoms with Gasteiger partial charge in [-0.15, -0.1) is 0 Å². The fourth-order valence-electron chi connectivity index (χ4n) is 1.86. The van der Waals surface area contributed by atoms with Gasteiger partial charge in [0.2, 0.25) is 5.91 Å². The highest BCUT2D eigenvalue weighted by molar-refractivity contribution is 6.30. The Morgan fingerprint density at radius 3 is 2.32 bits per heavy atom. The highest BCUT2D eigenvalue weighted by Crippen LogP contribution is 2.17. The lowest BCUT2D eigenvalue weighted by molar-refractivity contribution is -0.116. The zero-order chi connectivity index (χ0) is 15.9. The van der Waals surface area contributed by atoms with Crippen molar-refractivity contribution in [3.05, 3.63) is 64.7 Å². The van der Waals surface area contributed by atoms with Gasteiger partial charge in [-0.2, -0.15) is 0 Å². The largest absolute Gasteiger partial charge is 0.321 e. The maximum Gasteiger partial charge on any atom is 0.225 e. The molecule has 0 spiro atoms. The van der Waals surface area contributed by atoms with Gasteiger partial charge < -0.3 is 10.6 Å². The van der Waals surface area contributed by atoms with Crippen molar-refractivity contribution < 1.29 is 13.6 Å². The number of hydrogen-bond acceptors (Lipinski definition) is 2. The minimum absolute atomic E-state index is 0.112. The molecule has 2 aromatic carbocycles. The Labute approximate surface area is 132 Å². The van der Waals surface area contributed by atoms with Crippen molar-refractivity contribution in [3.8, 4) is 0 Å². The molecule has 2 aromatic rings. The summed E-state index contributed by atoms with van der Waals surface area (Å²) in [4.78, 5) is 11.7. The van der Waals surface area contributed by atoms with Gasteiger partial charge in [0.15, 0.2) is 0 Å². The normalized spacial score (nSPS) is 10.5. The van der Waals surface area contributed by atoms with E-state index in [-0.39, 0.29) is 6.42 Å². The SMILES string of the molecule is O=C(CCNCc1ccc(Cl)cc1)Nc1c(F)cccc1F. The van der Waals surface area contributed by atoms with Gasteiger partial charge in [-0.1, -0.05) is 29.8 Å². The number of anilines is 1. The standard InChI is InChI=1S/C16H15ClF2N2O/c17-12-6-4-11(5-7-12)10-20-9-8-15(22)21-16-13(18)2-1-3-14(16)19/h1-7,20H,8-10H2,(H,21,22). The molecule has 6 heteroatoms. The summed E-state index contributed by atoms with van der Waals surface area (Å²) in [6.07, 6.45) is 0.112. The number of carbonyl (C=O) groups is 1. The third kappa shape index (κ3) is 4.79. The average molecular weight is 325 g/mol. The van der Waals surface area contributed by atoms with Gasteiger partial charge in [0.05, 0.1) is 0 Å². The second-order valence-corrected chi connectivity index (χ2v) is 5.13. The van der Waals surface area contributed by atoms with E-state index in [1.165, 1.54) is 6.07 Å². The van der Waals surface area contributed by atoms with Crippen molar-refractivity contribution >= 4 is 23.2 Å². The van der Waals surface area contributed by atoms with Gasteiger partial charge in [0, 0.05) is 24.5 Å². The number of carbonyl (C=O) groups excluding carboxylic acids is 1. The van der Waals surface area contributed by atoms with Crippen molar-refractivity contribution in [3.63, 3.8) is 0 Å². The Bertz CT molecular complexity index is 627. The summed E-state index contributed by atoms with van der Waals surface area (Å²) in [5.74, 6) is -2.03. The Morgan fingerprint density at radius 1 is 1.05 bits per heavy atom. The van der Waals surface area contributed by atoms with Crippen LogP contribution in [0, 0.1) is 11.6 Å². The van der Waals surface area contributed by atoms with Crippen LogP contribution in [0.5, 0.6) is 0 Å². The van der Waals surface area contributed by atoms with Crippen LogP contribution in [0.3, 0.4) is 0 Å². The van der Waals surface area contributed by atoms with E-state index in [2.05, 4.69) is 10.6 Å². The summed E-state index contributed by atoms with van der Waals surface area (Å²) in [7, 11) is 0. The highest BCUT2D eigenvalue weighted by Gasteiger charge is 2.11. The first kappa shape index (κ1) is 16.4. The van der Waals surface area contributed by atoms with E-state index in [0.29, 0.717) is 18.1 Å². The van der Waals surface area contributed by atoms with Crippen LogP contribution in [0.1, 0.15) is 12.0 Å². The van der Waals surface area contributed by atoms with Gasteiger partial charge in [-0.05, 0) is 29.8 Å². The van der Waals surface area contributed by atoms with Crippen molar-refractivity contribution in [1.82, 2.24) is 5.32 Å². The van der Waals surface area contributed by atoms with E-state index in [4.69, 9.17) is 11.6 Å². The molecule has 0 aliphatic heterocycles. The number of para-hydroxylation sites is 1. The van der Waals surface area contributed by atoms with Crippen LogP contribution < -0.4 is 10.6 Å². The second-order valence-electron chi connectivity index (χ2n) is 4.70. The fraction of sp³-hybridized carbons (Fsp3) is 0.188. The van der Waals surface area contributed by atoms with Crippen LogP contribution in [0.2, 0.25) is 5.02 Å². The van der Waals surface area contributed by atoms with Gasteiger partial charge in [0.1, 0.15) is 17.3 Å². The fourth-order valence-corrected chi connectivity index (χ4v) is 1.98. The lowest BCUT2D eigenvalue weighted by atomic mass is 10.2. The van der Waals surface area contributed by atoms with Crippen LogP contribution in [-0.4, -0.2) is 12.5 Å². The molecule has 3 nitrogen and oxygen atoms in total. The third-order valence-corrected chi connectivity index (χ3v) is 3.25. The molecule has 2 N–H and O–H groups in total. The quantitative estimate of drug-likeness (QED) is 0.795. The molecule has 0 aromatic heterocycles. The summed E-state index contributed by atoms with van der Waals surface area (Å²) in [5, 5.41) is 5.98. The van der Waals surface area contributed by atoms with E-state index in [9.17, 15) is 13.6 Å². The zero-order valence-electron chi connectivity index (χ0n) is 11.7. The van der Waals surface area contributed by atoms with Crippen LogP contribution in [-0.2, 0) is 11.3 Å². The molecule has 0 bridgehead atoms. The third-order valence-electron chi connectivity index (χ3n) is 3.00. The molecule has 0 heterocycles. The highest BCUT2D eigenvalue weighted by atomic mass is 35.5. The molecule has 1 amide bonds. The first-order valence-corrected chi connectivity index (χ1v) is 7.13. The summed E-state index contributed by atoms with van der Waals surface area (Å²) in [6, 6.07) is 10.8. The summed E-state index contributed by atoms with van der Waals surface area (Å²) >= 11 is 5.78. The molecule has 0 saturated heterocycles. The lowest BCUT2D eigenvalue weighted by Crippen LogP contribution is -2.22. The average Bonchev–Trinajstić information content (AvgIpc) is 2.49. The van der Waals surface area contributed by atoms with Gasteiger partial charge in [-0.25, -0.2) is 8.78 Å². The predicted octanol–water partition coefficient (Wildman–Crippen LogP) is 3.74. The van der Waals surface area contributed by atoms with Crippen LogP contribution in [0.4, 0.5) is 14.5 Å². The van der Waals surface area contributed by atoms with E-state index in [1.54, 1.807) is 12.1 Å². The number of halogens is 3. The summed E-state index contributed by atoms with van der Waals surface area (Å²) in [6.45, 7) is 0.975. The van der Waals surface area contributed by atoms with E-state index < -0.39 is 23.2 Å². The van der Waals surface area contributed by atoms with E-state index in [1.807, 2.05) is 12.1 Å². The molecule has 0 aliphatic carbocycles. The molecule has 0 radical (unpaired) electrons. The molecule has 0 unspecified atom stereocenters. The Hall–Kier alpha value is -1.98. The Balaban J connectivity index is 1.75. The molecule has 22 heavy (non-hydrogen) atoms.